The summed E-state index contributed by atoms with van der Waals surface area (Å²) in [4.78, 5) is 14.5. The molecule has 5 nitrogen and oxygen atoms in total. The monoisotopic (exact) mass is 533 g/mol. The van der Waals surface area contributed by atoms with Gasteiger partial charge in [0.25, 0.3) is 5.69 Å². The summed E-state index contributed by atoms with van der Waals surface area (Å²) >= 11 is 0. The molecule has 0 saturated heterocycles. The maximum Gasteiger partial charge on any atom is 0.279 e. The fourth-order valence-corrected chi connectivity index (χ4v) is 7.00. The van der Waals surface area contributed by atoms with Crippen LogP contribution in [-0.2, 0) is 5.41 Å². The van der Waals surface area contributed by atoms with E-state index in [4.69, 9.17) is 0 Å². The van der Waals surface area contributed by atoms with Crippen molar-refractivity contribution in [2.45, 2.75) is 25.4 Å². The summed E-state index contributed by atoms with van der Waals surface area (Å²) in [6.07, 6.45) is 1.79. The first-order valence-corrected chi connectivity index (χ1v) is 13.9. The van der Waals surface area contributed by atoms with E-state index in [0.717, 1.165) is 33.6 Å². The van der Waals surface area contributed by atoms with Crippen LogP contribution in [-0.4, -0.2) is 4.92 Å². The van der Waals surface area contributed by atoms with Gasteiger partial charge in [0.15, 0.2) is 0 Å². The molecule has 0 amide bonds. The molecule has 41 heavy (non-hydrogen) atoms. The fourth-order valence-electron chi connectivity index (χ4n) is 7.00. The van der Waals surface area contributed by atoms with Crippen LogP contribution in [0.3, 0.4) is 0 Å². The first-order valence-electron chi connectivity index (χ1n) is 13.9. The number of hydrogen-bond acceptors (Lipinski definition) is 4. The number of hydrogen-bond donors (Lipinski definition) is 1. The zero-order valence-corrected chi connectivity index (χ0v) is 22.8. The Hall–Kier alpha value is -5.16. The van der Waals surface area contributed by atoms with Crippen LogP contribution in [0.2, 0.25) is 0 Å². The van der Waals surface area contributed by atoms with Crippen molar-refractivity contribution >= 4 is 17.1 Å². The molecule has 8 rings (SSSR count). The third-order valence-electron chi connectivity index (χ3n) is 8.99. The molecule has 2 aliphatic heterocycles. The van der Waals surface area contributed by atoms with Gasteiger partial charge in [0.2, 0.25) is 0 Å². The van der Waals surface area contributed by atoms with E-state index in [-0.39, 0.29) is 22.2 Å². The molecule has 1 atom stereocenters. The third kappa shape index (κ3) is 3.29. The zero-order valence-electron chi connectivity index (χ0n) is 22.8. The minimum atomic E-state index is -0.260. The molecule has 1 unspecified atom stereocenters. The summed E-state index contributed by atoms with van der Waals surface area (Å²) in [5.41, 5.74) is 12.7. The lowest BCUT2D eigenvalue weighted by Crippen LogP contribution is -2.32. The van der Waals surface area contributed by atoms with Crippen LogP contribution in [0.1, 0.15) is 42.3 Å². The van der Waals surface area contributed by atoms with Gasteiger partial charge in [-0.15, -0.1) is 0 Å². The van der Waals surface area contributed by atoms with E-state index < -0.39 is 0 Å². The Balaban J connectivity index is 1.23. The average Bonchev–Trinajstić information content (AvgIpc) is 3.55. The van der Waals surface area contributed by atoms with E-state index in [0.29, 0.717) is 5.56 Å². The summed E-state index contributed by atoms with van der Waals surface area (Å²) in [6.45, 7) is 4.50. The van der Waals surface area contributed by atoms with Crippen molar-refractivity contribution in [2.75, 3.05) is 4.90 Å². The predicted molar refractivity (Wildman–Crippen MR) is 164 cm³/mol. The van der Waals surface area contributed by atoms with Gasteiger partial charge in [0, 0.05) is 28.8 Å². The Labute approximate surface area is 238 Å². The van der Waals surface area contributed by atoms with Gasteiger partial charge in [0.05, 0.1) is 21.9 Å². The van der Waals surface area contributed by atoms with Crippen molar-refractivity contribution in [3.05, 3.63) is 148 Å². The molecule has 1 N–H and O–H groups in total. The molecule has 5 heteroatoms. The van der Waals surface area contributed by atoms with Gasteiger partial charge in [-0.3, -0.25) is 10.1 Å². The number of benzene rings is 5. The first kappa shape index (κ1) is 23.7. The minimum absolute atomic E-state index is 0.0931. The highest BCUT2D eigenvalue weighted by atomic mass is 16.6. The Morgan fingerprint density at radius 3 is 2.15 bits per heavy atom. The van der Waals surface area contributed by atoms with E-state index in [9.17, 15) is 10.1 Å². The molecule has 5 aromatic rings. The van der Waals surface area contributed by atoms with Crippen LogP contribution in [0, 0.1) is 10.1 Å². The second-order valence-corrected chi connectivity index (χ2v) is 11.5. The van der Waals surface area contributed by atoms with Crippen LogP contribution >= 0.6 is 0 Å². The van der Waals surface area contributed by atoms with Crippen molar-refractivity contribution in [2.24, 2.45) is 0 Å². The van der Waals surface area contributed by atoms with Gasteiger partial charge in [0.1, 0.15) is 6.17 Å². The summed E-state index contributed by atoms with van der Waals surface area (Å²) < 4.78 is 0. The molecule has 198 valence electrons. The largest absolute Gasteiger partial charge is 0.365 e. The number of nitrogens with one attached hydrogen (secondary N) is 1. The highest BCUT2D eigenvalue weighted by Crippen LogP contribution is 2.51. The second-order valence-electron chi connectivity index (χ2n) is 11.5. The molecule has 0 saturated carbocycles. The number of para-hydroxylation sites is 1. The van der Waals surface area contributed by atoms with Crippen molar-refractivity contribution in [1.82, 2.24) is 5.32 Å². The highest BCUT2D eigenvalue weighted by molar-refractivity contribution is 5.96. The van der Waals surface area contributed by atoms with E-state index in [1.807, 2.05) is 36.5 Å². The lowest BCUT2D eigenvalue weighted by molar-refractivity contribution is -0.385. The number of anilines is 1. The molecular weight excluding hydrogens is 506 g/mol. The van der Waals surface area contributed by atoms with Crippen molar-refractivity contribution in [3.63, 3.8) is 0 Å². The fraction of sp³-hybridized carbons (Fsp3) is 0.111. The van der Waals surface area contributed by atoms with Crippen molar-refractivity contribution < 1.29 is 4.92 Å². The molecule has 1 aliphatic carbocycles. The molecule has 0 fully saturated rings. The number of nitrogens with zero attached hydrogens (tertiary/aromatic N) is 2. The van der Waals surface area contributed by atoms with Crippen LogP contribution in [0.4, 0.5) is 11.4 Å². The lowest BCUT2D eigenvalue weighted by Gasteiger charge is -2.36. The predicted octanol–water partition coefficient (Wildman–Crippen LogP) is 8.66. The molecule has 0 radical (unpaired) electrons. The van der Waals surface area contributed by atoms with E-state index >= 15 is 0 Å². The molecule has 3 aliphatic rings. The van der Waals surface area contributed by atoms with Gasteiger partial charge in [-0.1, -0.05) is 98.8 Å². The first-order chi connectivity index (χ1) is 19.9. The highest BCUT2D eigenvalue weighted by Gasteiger charge is 2.39. The molecule has 0 bridgehead atoms. The van der Waals surface area contributed by atoms with Crippen molar-refractivity contribution in [3.8, 4) is 33.4 Å². The van der Waals surface area contributed by atoms with Gasteiger partial charge < -0.3 is 10.2 Å². The maximum absolute atomic E-state index is 12.5. The average molecular weight is 534 g/mol. The lowest BCUT2D eigenvalue weighted by atomic mass is 9.81. The Morgan fingerprint density at radius 2 is 1.34 bits per heavy atom. The molecular formula is C36H27N3O2. The van der Waals surface area contributed by atoms with E-state index in [2.05, 4.69) is 96.9 Å². The van der Waals surface area contributed by atoms with Gasteiger partial charge in [-0.05, 0) is 57.1 Å². The summed E-state index contributed by atoms with van der Waals surface area (Å²) in [5.74, 6) is 0. The standard InChI is InChI=1S/C36H27N3O2/c1-36(2)30-13-7-5-10-25(30)26-17-15-22(19-31(26)36)23-16-18-29(33(20-23)39(40)41)34-21-37-35-28-12-4-3-9-24(28)27-11-6-8-14-32(27)38(34)35/h3-21,35,37H,1-2H3. The van der Waals surface area contributed by atoms with E-state index in [1.54, 1.807) is 6.07 Å². The Bertz CT molecular complexity index is 1950. The van der Waals surface area contributed by atoms with Crippen molar-refractivity contribution in [1.29, 1.82) is 0 Å². The third-order valence-corrected chi connectivity index (χ3v) is 8.99. The van der Waals surface area contributed by atoms with Crippen LogP contribution in [0.25, 0.3) is 39.1 Å². The second kappa shape index (κ2) is 8.42. The summed E-state index contributed by atoms with van der Waals surface area (Å²) in [7, 11) is 0. The molecule has 5 aromatic carbocycles. The molecule has 0 aromatic heterocycles. The van der Waals surface area contributed by atoms with Crippen LogP contribution in [0.5, 0.6) is 0 Å². The quantitative estimate of drug-likeness (QED) is 0.186. The normalized spacial score (nSPS) is 17.0. The molecule has 2 heterocycles. The Kier molecular flexibility index (Phi) is 4.87. The van der Waals surface area contributed by atoms with Gasteiger partial charge in [-0.2, -0.15) is 0 Å². The SMILES string of the molecule is CC1(C)c2ccccc2-c2ccc(-c3ccc(C4=CNC5c6ccccc6-c6ccccc6N45)c([N+](=O)[O-])c3)cc21. The van der Waals surface area contributed by atoms with E-state index in [1.165, 1.54) is 27.8 Å². The molecule has 0 spiro atoms. The maximum atomic E-state index is 12.5. The number of nitro groups is 1. The van der Waals surface area contributed by atoms with Gasteiger partial charge >= 0.3 is 0 Å². The van der Waals surface area contributed by atoms with Crippen LogP contribution < -0.4 is 10.2 Å². The van der Waals surface area contributed by atoms with Gasteiger partial charge in [-0.25, -0.2) is 0 Å². The minimum Gasteiger partial charge on any atom is -0.365 e. The Morgan fingerprint density at radius 1 is 0.707 bits per heavy atom. The summed E-state index contributed by atoms with van der Waals surface area (Å²) in [6, 6.07) is 37.2. The van der Waals surface area contributed by atoms with Crippen LogP contribution in [0.15, 0.2) is 115 Å². The number of fused-ring (bicyclic) bond motifs is 9. The number of rotatable bonds is 3. The summed E-state index contributed by atoms with van der Waals surface area (Å²) in [5, 5.41) is 16.0. The smallest absolute Gasteiger partial charge is 0.279 e. The zero-order chi connectivity index (χ0) is 27.9. The number of nitro benzene ring substituents is 1. The topological polar surface area (TPSA) is 58.4 Å².